The van der Waals surface area contributed by atoms with Crippen LogP contribution in [-0.4, -0.2) is 35.7 Å². The van der Waals surface area contributed by atoms with Gasteiger partial charge in [0.15, 0.2) is 0 Å². The number of nitro benzene ring substituents is 2. The second-order valence-electron chi connectivity index (χ2n) is 7.61. The van der Waals surface area contributed by atoms with Gasteiger partial charge in [-0.3, -0.25) is 20.2 Å². The number of para-hydroxylation sites is 1. The minimum Gasteiger partial charge on any atom is -0.258 e. The van der Waals surface area contributed by atoms with Crippen molar-refractivity contribution in [2.24, 2.45) is 0 Å². The molecule has 1 aliphatic heterocycles. The fourth-order valence-corrected chi connectivity index (χ4v) is 4.78. The average molecular weight is 500 g/mol. The first-order valence-corrected chi connectivity index (χ1v) is 12.0. The van der Waals surface area contributed by atoms with Gasteiger partial charge in [-0.15, -0.1) is 0 Å². The molecule has 0 bridgehead atoms. The summed E-state index contributed by atoms with van der Waals surface area (Å²) in [7, 11) is -4.14. The molecule has 3 aromatic rings. The lowest BCUT2D eigenvalue weighted by Crippen LogP contribution is -2.33. The predicted molar refractivity (Wildman–Crippen MR) is 133 cm³/mol. The Morgan fingerprint density at radius 2 is 1.44 bits per heavy atom. The third-order valence-electron chi connectivity index (χ3n) is 5.26. The van der Waals surface area contributed by atoms with Crippen molar-refractivity contribution in [1.82, 2.24) is 4.31 Å². The SMILES string of the molecule is O=[N+]([O-])c1ccc(S(=O)(=O)N2CC#Cc3ccccc3C#C/C(=C/c3ccccc3[N+](=O)[O-])C2)cc1. The molecule has 0 spiro atoms. The lowest BCUT2D eigenvalue weighted by molar-refractivity contribution is -0.385. The van der Waals surface area contributed by atoms with Crippen LogP contribution in [0.25, 0.3) is 6.08 Å². The first-order chi connectivity index (χ1) is 17.3. The van der Waals surface area contributed by atoms with Crippen LogP contribution < -0.4 is 0 Å². The summed E-state index contributed by atoms with van der Waals surface area (Å²) >= 11 is 0. The largest absolute Gasteiger partial charge is 0.276 e. The van der Waals surface area contributed by atoms with E-state index in [9.17, 15) is 28.6 Å². The molecular formula is C26H17N3O6S. The topological polar surface area (TPSA) is 124 Å². The molecule has 0 aromatic heterocycles. The highest BCUT2D eigenvalue weighted by Gasteiger charge is 2.26. The number of hydrogen-bond donors (Lipinski definition) is 0. The fourth-order valence-electron chi connectivity index (χ4n) is 3.46. The number of sulfonamides is 1. The van der Waals surface area contributed by atoms with Crippen molar-refractivity contribution in [2.75, 3.05) is 13.1 Å². The molecule has 4 rings (SSSR count). The second kappa shape index (κ2) is 10.2. The Balaban J connectivity index is 1.83. The van der Waals surface area contributed by atoms with Crippen LogP contribution in [0.2, 0.25) is 0 Å². The average Bonchev–Trinajstić information content (AvgIpc) is 2.87. The van der Waals surface area contributed by atoms with Crippen LogP contribution in [0.3, 0.4) is 0 Å². The third kappa shape index (κ3) is 5.31. The van der Waals surface area contributed by atoms with Gasteiger partial charge in [-0.25, -0.2) is 8.42 Å². The maximum absolute atomic E-state index is 13.5. The lowest BCUT2D eigenvalue weighted by Gasteiger charge is -2.20. The zero-order valence-electron chi connectivity index (χ0n) is 18.6. The molecule has 0 fully saturated rings. The Morgan fingerprint density at radius 1 is 0.806 bits per heavy atom. The molecule has 0 saturated heterocycles. The van der Waals surface area contributed by atoms with Crippen LogP contribution in [0.5, 0.6) is 0 Å². The quantitative estimate of drug-likeness (QED) is 0.297. The standard InChI is InChI=1S/C26H17N3O6S/c30-28(31)24-13-15-25(16-14-24)36(34,35)27-17-5-9-21-6-1-2-7-22(21)12-11-20(19-27)18-23-8-3-4-10-26(23)29(32)33/h1-4,6-8,10,13-16,18H,17,19H2/b20-18-. The van der Waals surface area contributed by atoms with E-state index in [-0.39, 0.29) is 34.9 Å². The summed E-state index contributed by atoms with van der Waals surface area (Å²) in [4.78, 5) is 21.2. The van der Waals surface area contributed by atoms with Crippen molar-refractivity contribution in [3.63, 3.8) is 0 Å². The summed E-state index contributed by atoms with van der Waals surface area (Å²) in [6.07, 6.45) is 1.49. The van der Waals surface area contributed by atoms with Crippen LogP contribution in [-0.2, 0) is 10.0 Å². The summed E-state index contributed by atoms with van der Waals surface area (Å²) in [5.41, 5.74) is 1.46. The van der Waals surface area contributed by atoms with Crippen LogP contribution >= 0.6 is 0 Å². The molecule has 10 heteroatoms. The number of rotatable bonds is 5. The normalized spacial score (nSPS) is 14.5. The predicted octanol–water partition coefficient (Wildman–Crippen LogP) is 3.99. The van der Waals surface area contributed by atoms with Gasteiger partial charge in [-0.05, 0) is 36.4 Å². The molecule has 0 atom stereocenters. The number of benzene rings is 3. The van der Waals surface area contributed by atoms with E-state index < -0.39 is 19.9 Å². The summed E-state index contributed by atoms with van der Waals surface area (Å²) in [6, 6.07) is 17.8. The van der Waals surface area contributed by atoms with Crippen LogP contribution in [0.1, 0.15) is 16.7 Å². The van der Waals surface area contributed by atoms with E-state index >= 15 is 0 Å². The molecule has 9 nitrogen and oxygen atoms in total. The molecule has 1 heterocycles. The highest BCUT2D eigenvalue weighted by molar-refractivity contribution is 7.89. The summed E-state index contributed by atoms with van der Waals surface area (Å²) in [6.45, 7) is -0.404. The van der Waals surface area contributed by atoms with E-state index in [0.29, 0.717) is 16.7 Å². The lowest BCUT2D eigenvalue weighted by atomic mass is 10.1. The highest BCUT2D eigenvalue weighted by atomic mass is 32.2. The van der Waals surface area contributed by atoms with Crippen molar-refractivity contribution >= 4 is 27.5 Å². The molecule has 3 aromatic carbocycles. The van der Waals surface area contributed by atoms with Gasteiger partial charge < -0.3 is 0 Å². The number of hydrogen-bond acceptors (Lipinski definition) is 6. The number of fused-ring (bicyclic) bond motifs is 1. The van der Waals surface area contributed by atoms with E-state index in [1.54, 1.807) is 36.4 Å². The second-order valence-corrected chi connectivity index (χ2v) is 9.54. The number of nitro groups is 2. The van der Waals surface area contributed by atoms with Gasteiger partial charge in [0.05, 0.1) is 26.9 Å². The van der Waals surface area contributed by atoms with Gasteiger partial charge in [0.1, 0.15) is 0 Å². The Bertz CT molecular complexity index is 1620. The summed E-state index contributed by atoms with van der Waals surface area (Å²) < 4.78 is 28.0. The summed E-state index contributed by atoms with van der Waals surface area (Å²) in [5, 5.41) is 22.5. The maximum Gasteiger partial charge on any atom is 0.276 e. The first kappa shape index (κ1) is 24.4. The zero-order chi connectivity index (χ0) is 25.7. The van der Waals surface area contributed by atoms with Crippen LogP contribution in [0.15, 0.2) is 83.3 Å². The number of non-ortho nitro benzene ring substituents is 1. The molecule has 0 amide bonds. The molecule has 1 aliphatic rings. The van der Waals surface area contributed by atoms with Crippen molar-refractivity contribution in [3.05, 3.63) is 115 Å². The fraction of sp³-hybridized carbons (Fsp3) is 0.0769. The van der Waals surface area contributed by atoms with E-state index in [1.807, 2.05) is 0 Å². The molecule has 0 saturated carbocycles. The van der Waals surface area contributed by atoms with Gasteiger partial charge in [-0.2, -0.15) is 4.31 Å². The minimum atomic E-state index is -4.14. The van der Waals surface area contributed by atoms with Gasteiger partial charge in [0.25, 0.3) is 11.4 Å². The van der Waals surface area contributed by atoms with Gasteiger partial charge >= 0.3 is 0 Å². The van der Waals surface area contributed by atoms with Gasteiger partial charge in [-0.1, -0.05) is 47.9 Å². The molecule has 0 N–H and O–H groups in total. The molecule has 0 unspecified atom stereocenters. The van der Waals surface area contributed by atoms with Crippen molar-refractivity contribution in [3.8, 4) is 23.7 Å². The number of nitrogens with zero attached hydrogens (tertiary/aromatic N) is 3. The molecular weight excluding hydrogens is 482 g/mol. The minimum absolute atomic E-state index is 0.145. The summed E-state index contributed by atoms with van der Waals surface area (Å²) in [5.74, 6) is 11.8. The van der Waals surface area contributed by atoms with Crippen LogP contribution in [0, 0.1) is 43.9 Å². The molecule has 0 aliphatic carbocycles. The smallest absolute Gasteiger partial charge is 0.258 e. The van der Waals surface area contributed by atoms with Gasteiger partial charge in [0, 0.05) is 41.4 Å². The Kier molecular flexibility index (Phi) is 6.93. The maximum atomic E-state index is 13.5. The highest BCUT2D eigenvalue weighted by Crippen LogP contribution is 2.24. The van der Waals surface area contributed by atoms with E-state index in [1.165, 1.54) is 18.2 Å². The Morgan fingerprint density at radius 3 is 2.11 bits per heavy atom. The molecule has 178 valence electrons. The Labute approximate surface area is 207 Å². The third-order valence-corrected chi connectivity index (χ3v) is 7.06. The van der Waals surface area contributed by atoms with Gasteiger partial charge in [0.2, 0.25) is 10.0 Å². The van der Waals surface area contributed by atoms with E-state index in [4.69, 9.17) is 0 Å². The Hall–Kier alpha value is -4.77. The zero-order valence-corrected chi connectivity index (χ0v) is 19.4. The van der Waals surface area contributed by atoms with Crippen molar-refractivity contribution in [2.45, 2.75) is 4.90 Å². The van der Waals surface area contributed by atoms with Crippen LogP contribution in [0.4, 0.5) is 11.4 Å². The first-order valence-electron chi connectivity index (χ1n) is 10.5. The molecule has 36 heavy (non-hydrogen) atoms. The molecule has 0 radical (unpaired) electrons. The monoisotopic (exact) mass is 499 g/mol. The van der Waals surface area contributed by atoms with Crippen molar-refractivity contribution < 1.29 is 18.3 Å². The van der Waals surface area contributed by atoms with E-state index in [0.717, 1.165) is 28.6 Å². The van der Waals surface area contributed by atoms with E-state index in [2.05, 4.69) is 23.7 Å². The van der Waals surface area contributed by atoms with Crippen molar-refractivity contribution in [1.29, 1.82) is 0 Å².